The number of nitrogens with zero attached hydrogens (tertiary/aromatic N) is 1. The molecular formula is C42H54N4O7. The van der Waals surface area contributed by atoms with Crippen LogP contribution in [0, 0.1) is 12.8 Å². The summed E-state index contributed by atoms with van der Waals surface area (Å²) in [4.78, 5) is 56.4. The second-order valence-corrected chi connectivity index (χ2v) is 14.0. The monoisotopic (exact) mass is 726 g/mol. The quantitative estimate of drug-likeness (QED) is 0.231. The molecule has 0 aliphatic carbocycles. The molecule has 11 heteroatoms. The number of ether oxygens (including phenoxy) is 3. The summed E-state index contributed by atoms with van der Waals surface area (Å²) in [6.45, 7) is 4.52. The van der Waals surface area contributed by atoms with Crippen molar-refractivity contribution >= 4 is 23.6 Å². The molecule has 0 radical (unpaired) electrons. The number of fused-ring (bicyclic) bond motifs is 4. The molecule has 1 unspecified atom stereocenters. The van der Waals surface area contributed by atoms with Crippen molar-refractivity contribution in [2.24, 2.45) is 5.92 Å². The summed E-state index contributed by atoms with van der Waals surface area (Å²) in [6.07, 6.45) is 4.83. The zero-order valence-corrected chi connectivity index (χ0v) is 31.1. The number of amides is 4. The number of piperidine rings is 1. The molecule has 3 N–H and O–H groups in total. The van der Waals surface area contributed by atoms with Gasteiger partial charge in [-0.3, -0.25) is 19.2 Å². The van der Waals surface area contributed by atoms with Crippen molar-refractivity contribution in [3.8, 4) is 11.5 Å². The van der Waals surface area contributed by atoms with E-state index in [2.05, 4.69) is 16.0 Å². The molecule has 0 saturated carbocycles. The van der Waals surface area contributed by atoms with E-state index in [9.17, 15) is 19.2 Å². The maximum atomic E-state index is 14.0. The second-order valence-electron chi connectivity index (χ2n) is 14.0. The van der Waals surface area contributed by atoms with E-state index in [1.807, 2.05) is 79.7 Å². The molecule has 284 valence electrons. The summed E-state index contributed by atoms with van der Waals surface area (Å²) in [7, 11) is 1.65. The molecule has 5 rings (SSSR count). The van der Waals surface area contributed by atoms with Gasteiger partial charge in [0.2, 0.25) is 23.6 Å². The Bertz CT molecular complexity index is 1670. The standard InChI is InChI=1S/C42H54N4O7/c1-30-16-18-35-26-34(30)28-43-41(49)36(19-17-31-10-4-3-5-11-31)45-42(50)37(27-40(48)46-22-8-12-32(29-46)20-25-53-35)44-39(47)21-24-52-23-9-14-33-13-6-7-15-38(33)51-2/h3-7,10-11,13,15-16,18,26,32,36-37H,8-9,12,14,17,19-25,27-29H2,1-2H3,(H,43,49)(H,44,47)(H,45,50)/t32?,36-,37-/m0/s1. The number of nitrogens with one attached hydrogen (secondary N) is 3. The first-order valence-electron chi connectivity index (χ1n) is 18.9. The third-order valence-electron chi connectivity index (χ3n) is 10.1. The zero-order valence-electron chi connectivity index (χ0n) is 31.1. The molecule has 3 aromatic rings. The summed E-state index contributed by atoms with van der Waals surface area (Å²) in [6, 6.07) is 21.4. The van der Waals surface area contributed by atoms with Gasteiger partial charge in [0.05, 0.1) is 26.7 Å². The number of para-hydroxylation sites is 1. The van der Waals surface area contributed by atoms with Crippen molar-refractivity contribution in [1.82, 2.24) is 20.9 Å². The van der Waals surface area contributed by atoms with E-state index in [0.717, 1.165) is 65.9 Å². The van der Waals surface area contributed by atoms with Gasteiger partial charge < -0.3 is 35.1 Å². The number of methoxy groups -OCH3 is 1. The van der Waals surface area contributed by atoms with Crippen LogP contribution >= 0.6 is 0 Å². The maximum absolute atomic E-state index is 14.0. The number of hydrogen-bond donors (Lipinski definition) is 3. The lowest BCUT2D eigenvalue weighted by molar-refractivity contribution is -0.138. The number of aryl methyl sites for hydroxylation is 3. The van der Waals surface area contributed by atoms with Gasteiger partial charge in [-0.2, -0.15) is 0 Å². The minimum absolute atomic E-state index is 0.0226. The molecule has 53 heavy (non-hydrogen) atoms. The number of rotatable bonds is 12. The molecule has 11 nitrogen and oxygen atoms in total. The predicted molar refractivity (Wildman–Crippen MR) is 202 cm³/mol. The molecule has 4 amide bonds. The molecular weight excluding hydrogens is 672 g/mol. The molecule has 2 aliphatic rings. The van der Waals surface area contributed by atoms with Gasteiger partial charge in [0.15, 0.2) is 0 Å². The molecule has 4 bridgehead atoms. The van der Waals surface area contributed by atoms with Crippen LogP contribution in [0.2, 0.25) is 0 Å². The van der Waals surface area contributed by atoms with Gasteiger partial charge in [-0.15, -0.1) is 0 Å². The summed E-state index contributed by atoms with van der Waals surface area (Å²) in [5.41, 5.74) is 4.05. The fourth-order valence-corrected chi connectivity index (χ4v) is 6.92. The van der Waals surface area contributed by atoms with Crippen molar-refractivity contribution < 1.29 is 33.4 Å². The van der Waals surface area contributed by atoms with Gasteiger partial charge in [-0.25, -0.2) is 0 Å². The van der Waals surface area contributed by atoms with Crippen LogP contribution in [0.3, 0.4) is 0 Å². The highest BCUT2D eigenvalue weighted by atomic mass is 16.5. The SMILES string of the molecule is COc1ccccc1CCCOCCC(=O)N[C@H]1CC(=O)N2CCCC(CCOc3ccc(C)c(c3)CNC(=O)[C@H](CCc3ccccc3)NC1=O)C2. The van der Waals surface area contributed by atoms with Crippen LogP contribution in [0.25, 0.3) is 0 Å². The van der Waals surface area contributed by atoms with Crippen molar-refractivity contribution in [3.63, 3.8) is 0 Å². The Hall–Kier alpha value is -4.90. The first-order chi connectivity index (χ1) is 25.8. The molecule has 1 fully saturated rings. The van der Waals surface area contributed by atoms with Crippen LogP contribution in [0.4, 0.5) is 0 Å². The van der Waals surface area contributed by atoms with Crippen LogP contribution in [-0.4, -0.2) is 80.6 Å². The van der Waals surface area contributed by atoms with Gasteiger partial charge in [-0.1, -0.05) is 54.6 Å². The molecule has 1 saturated heterocycles. The number of carbonyl (C=O) groups is 4. The Kier molecular flexibility index (Phi) is 15.1. The maximum Gasteiger partial charge on any atom is 0.243 e. The van der Waals surface area contributed by atoms with Crippen LogP contribution in [0.1, 0.15) is 67.2 Å². The van der Waals surface area contributed by atoms with Gasteiger partial charge >= 0.3 is 0 Å². The van der Waals surface area contributed by atoms with Crippen molar-refractivity contribution in [2.45, 2.75) is 83.3 Å². The lowest BCUT2D eigenvalue weighted by Gasteiger charge is -2.34. The minimum atomic E-state index is -1.16. The fraction of sp³-hybridized carbons (Fsp3) is 0.476. The minimum Gasteiger partial charge on any atom is -0.496 e. The Balaban J connectivity index is 1.27. The molecule has 3 aromatic carbocycles. The average molecular weight is 727 g/mol. The molecule has 0 spiro atoms. The fourth-order valence-electron chi connectivity index (χ4n) is 6.92. The third-order valence-corrected chi connectivity index (χ3v) is 10.1. The molecule has 2 aliphatic heterocycles. The number of carbonyl (C=O) groups excluding carboxylic acids is 4. The van der Waals surface area contributed by atoms with Crippen molar-refractivity contribution in [2.75, 3.05) is 40.0 Å². The molecule has 2 heterocycles. The smallest absolute Gasteiger partial charge is 0.243 e. The molecule has 0 aromatic heterocycles. The first-order valence-corrected chi connectivity index (χ1v) is 18.9. The van der Waals surface area contributed by atoms with Crippen LogP contribution in [-0.2, 0) is 43.3 Å². The second kappa shape index (κ2) is 20.4. The Labute approximate surface area is 313 Å². The van der Waals surface area contributed by atoms with Gasteiger partial charge in [0.1, 0.15) is 23.6 Å². The van der Waals surface area contributed by atoms with E-state index in [0.29, 0.717) is 39.1 Å². The average Bonchev–Trinajstić information content (AvgIpc) is 3.17. The lowest BCUT2D eigenvalue weighted by Crippen LogP contribution is -2.55. The normalized spacial score (nSPS) is 19.9. The number of benzene rings is 3. The van der Waals surface area contributed by atoms with E-state index < -0.39 is 23.9 Å². The summed E-state index contributed by atoms with van der Waals surface area (Å²) in [5, 5.41) is 8.71. The predicted octanol–water partition coefficient (Wildman–Crippen LogP) is 4.67. The zero-order chi connectivity index (χ0) is 37.4. The van der Waals surface area contributed by atoms with E-state index in [4.69, 9.17) is 14.2 Å². The summed E-state index contributed by atoms with van der Waals surface area (Å²) < 4.78 is 17.3. The van der Waals surface area contributed by atoms with Crippen molar-refractivity contribution in [1.29, 1.82) is 0 Å². The first kappa shape index (κ1) is 39.3. The molecule has 3 atom stereocenters. The highest BCUT2D eigenvalue weighted by molar-refractivity contribution is 5.95. The van der Waals surface area contributed by atoms with E-state index in [1.165, 1.54) is 0 Å². The van der Waals surface area contributed by atoms with E-state index in [1.54, 1.807) is 12.0 Å². The number of hydrogen-bond acceptors (Lipinski definition) is 7. The third kappa shape index (κ3) is 12.3. The van der Waals surface area contributed by atoms with E-state index >= 15 is 0 Å². The van der Waals surface area contributed by atoms with Gasteiger partial charge in [0.25, 0.3) is 0 Å². The van der Waals surface area contributed by atoms with Gasteiger partial charge in [0, 0.05) is 32.7 Å². The Morgan fingerprint density at radius 3 is 2.60 bits per heavy atom. The Morgan fingerprint density at radius 2 is 1.77 bits per heavy atom. The Morgan fingerprint density at radius 1 is 0.962 bits per heavy atom. The largest absolute Gasteiger partial charge is 0.496 e. The van der Waals surface area contributed by atoms with Crippen LogP contribution < -0.4 is 25.4 Å². The van der Waals surface area contributed by atoms with Gasteiger partial charge in [-0.05, 0) is 98.2 Å². The van der Waals surface area contributed by atoms with Crippen LogP contribution in [0.15, 0.2) is 72.8 Å². The highest BCUT2D eigenvalue weighted by Crippen LogP contribution is 2.23. The summed E-state index contributed by atoms with van der Waals surface area (Å²) in [5.74, 6) is 0.295. The lowest BCUT2D eigenvalue weighted by atomic mass is 9.94. The van der Waals surface area contributed by atoms with Crippen molar-refractivity contribution in [3.05, 3.63) is 95.1 Å². The summed E-state index contributed by atoms with van der Waals surface area (Å²) >= 11 is 0. The van der Waals surface area contributed by atoms with Crippen LogP contribution in [0.5, 0.6) is 11.5 Å². The topological polar surface area (TPSA) is 135 Å². The highest BCUT2D eigenvalue weighted by Gasteiger charge is 2.32. The van der Waals surface area contributed by atoms with E-state index in [-0.39, 0.29) is 43.7 Å².